The highest BCUT2D eigenvalue weighted by atomic mass is 79.9. The SMILES string of the molecule is COc1cc(Br)nc(C[C@@H](N)COc2ccc3ncc(F)c(C(=O)OCc4ccccc4)c3c2)c1. The van der Waals surface area contributed by atoms with E-state index in [0.717, 1.165) is 17.5 Å². The van der Waals surface area contributed by atoms with E-state index in [2.05, 4.69) is 25.9 Å². The van der Waals surface area contributed by atoms with Crippen LogP contribution in [-0.2, 0) is 17.8 Å². The van der Waals surface area contributed by atoms with Gasteiger partial charge in [-0.3, -0.25) is 4.98 Å². The molecule has 0 fully saturated rings. The highest BCUT2D eigenvalue weighted by Gasteiger charge is 2.19. The van der Waals surface area contributed by atoms with E-state index in [1.165, 1.54) is 0 Å². The van der Waals surface area contributed by atoms with Crippen LogP contribution in [0.1, 0.15) is 21.6 Å². The molecule has 2 heterocycles. The van der Waals surface area contributed by atoms with E-state index in [4.69, 9.17) is 19.9 Å². The quantitative estimate of drug-likeness (QED) is 0.240. The maximum Gasteiger partial charge on any atom is 0.342 e. The normalized spacial score (nSPS) is 11.8. The lowest BCUT2D eigenvalue weighted by Gasteiger charge is -2.15. The zero-order valence-corrected chi connectivity index (χ0v) is 20.5. The molecule has 0 aliphatic carbocycles. The first kappa shape index (κ1) is 24.6. The summed E-state index contributed by atoms with van der Waals surface area (Å²) in [6.45, 7) is 0.209. The van der Waals surface area contributed by atoms with Gasteiger partial charge in [-0.1, -0.05) is 30.3 Å². The number of benzene rings is 2. The summed E-state index contributed by atoms with van der Waals surface area (Å²) < 4.78 is 31.7. The van der Waals surface area contributed by atoms with Crippen LogP contribution in [0.5, 0.6) is 11.5 Å². The van der Waals surface area contributed by atoms with Crippen LogP contribution < -0.4 is 15.2 Å². The third-order valence-corrected chi connectivity index (χ3v) is 5.61. The molecule has 0 amide bonds. The lowest BCUT2D eigenvalue weighted by molar-refractivity contribution is 0.0469. The van der Waals surface area contributed by atoms with Crippen LogP contribution in [0.3, 0.4) is 0 Å². The van der Waals surface area contributed by atoms with Crippen molar-refractivity contribution in [3.8, 4) is 11.5 Å². The van der Waals surface area contributed by atoms with E-state index >= 15 is 0 Å². The molecule has 0 unspecified atom stereocenters. The van der Waals surface area contributed by atoms with Gasteiger partial charge in [-0.2, -0.15) is 0 Å². The van der Waals surface area contributed by atoms with Crippen LogP contribution in [0.2, 0.25) is 0 Å². The Morgan fingerprint density at radius 1 is 1.11 bits per heavy atom. The molecule has 35 heavy (non-hydrogen) atoms. The molecule has 2 N–H and O–H groups in total. The molecule has 4 rings (SSSR count). The van der Waals surface area contributed by atoms with Crippen molar-refractivity contribution in [2.75, 3.05) is 13.7 Å². The molecule has 0 radical (unpaired) electrons. The minimum Gasteiger partial charge on any atom is -0.497 e. The molecule has 1 atom stereocenters. The molecule has 4 aromatic rings. The number of hydrogen-bond donors (Lipinski definition) is 1. The second kappa shape index (κ2) is 11.2. The van der Waals surface area contributed by atoms with Gasteiger partial charge in [0.1, 0.15) is 34.9 Å². The Bertz CT molecular complexity index is 1340. The van der Waals surface area contributed by atoms with Crippen molar-refractivity contribution < 1.29 is 23.4 Å². The van der Waals surface area contributed by atoms with Crippen LogP contribution in [-0.4, -0.2) is 35.7 Å². The van der Waals surface area contributed by atoms with Gasteiger partial charge in [0.25, 0.3) is 0 Å². The molecule has 2 aromatic carbocycles. The van der Waals surface area contributed by atoms with Crippen molar-refractivity contribution in [2.45, 2.75) is 19.1 Å². The summed E-state index contributed by atoms with van der Waals surface area (Å²) in [7, 11) is 1.58. The van der Waals surface area contributed by atoms with Gasteiger partial charge in [0.2, 0.25) is 0 Å². The van der Waals surface area contributed by atoms with E-state index in [0.29, 0.717) is 33.4 Å². The fourth-order valence-corrected chi connectivity index (χ4v) is 3.97. The van der Waals surface area contributed by atoms with E-state index in [9.17, 15) is 9.18 Å². The summed E-state index contributed by atoms with van der Waals surface area (Å²) in [5.74, 6) is -0.440. The van der Waals surface area contributed by atoms with Crippen molar-refractivity contribution in [2.24, 2.45) is 5.73 Å². The largest absolute Gasteiger partial charge is 0.497 e. The number of carbonyl (C=O) groups is 1. The third-order valence-electron chi connectivity index (χ3n) is 5.20. The van der Waals surface area contributed by atoms with Crippen molar-refractivity contribution in [1.82, 2.24) is 9.97 Å². The number of fused-ring (bicyclic) bond motifs is 1. The number of pyridine rings is 2. The minimum atomic E-state index is -0.776. The summed E-state index contributed by atoms with van der Waals surface area (Å²) in [4.78, 5) is 21.2. The molecule has 0 spiro atoms. The van der Waals surface area contributed by atoms with E-state index in [-0.39, 0.29) is 24.8 Å². The van der Waals surface area contributed by atoms with Gasteiger partial charge in [-0.25, -0.2) is 14.2 Å². The second-order valence-electron chi connectivity index (χ2n) is 7.82. The number of methoxy groups -OCH3 is 1. The molecule has 9 heteroatoms. The minimum absolute atomic E-state index is 0.0302. The van der Waals surface area contributed by atoms with Crippen molar-refractivity contribution in [1.29, 1.82) is 0 Å². The summed E-state index contributed by atoms with van der Waals surface area (Å²) >= 11 is 3.35. The molecule has 0 aliphatic rings. The monoisotopic (exact) mass is 539 g/mol. The molecule has 0 saturated heterocycles. The smallest absolute Gasteiger partial charge is 0.342 e. The first-order chi connectivity index (χ1) is 16.9. The second-order valence-corrected chi connectivity index (χ2v) is 8.63. The zero-order valence-electron chi connectivity index (χ0n) is 18.9. The molecule has 0 aliphatic heterocycles. The Balaban J connectivity index is 1.47. The fourth-order valence-electron chi connectivity index (χ4n) is 3.52. The average Bonchev–Trinajstić information content (AvgIpc) is 2.86. The maximum absolute atomic E-state index is 14.6. The highest BCUT2D eigenvalue weighted by molar-refractivity contribution is 9.10. The molecule has 7 nitrogen and oxygen atoms in total. The Morgan fingerprint density at radius 3 is 2.69 bits per heavy atom. The third kappa shape index (κ3) is 6.32. The predicted octanol–water partition coefficient (Wildman–Crippen LogP) is 4.85. The standard InChI is InChI=1S/C26H23BrFN3O4/c1-33-20-10-18(31-24(27)12-20)9-17(29)15-34-19-7-8-23-21(11-19)25(22(28)13-30-23)26(32)35-14-16-5-3-2-4-6-16/h2-8,10-13,17H,9,14-15,29H2,1H3/t17-/m1/s1. The highest BCUT2D eigenvalue weighted by Crippen LogP contribution is 2.26. The molecular weight excluding hydrogens is 517 g/mol. The van der Waals surface area contributed by atoms with E-state index in [1.807, 2.05) is 36.4 Å². The van der Waals surface area contributed by atoms with Crippen molar-refractivity contribution in [3.05, 3.63) is 94.1 Å². The summed E-state index contributed by atoms with van der Waals surface area (Å²) in [6, 6.07) is 17.3. The number of aromatic nitrogens is 2. The fraction of sp³-hybridized carbons (Fsp3) is 0.192. The lowest BCUT2D eigenvalue weighted by atomic mass is 10.1. The van der Waals surface area contributed by atoms with Crippen LogP contribution in [0.25, 0.3) is 10.9 Å². The van der Waals surface area contributed by atoms with E-state index in [1.54, 1.807) is 31.4 Å². The van der Waals surface area contributed by atoms with Gasteiger partial charge < -0.3 is 19.9 Å². The van der Waals surface area contributed by atoms with Gasteiger partial charge in [0.05, 0.1) is 18.8 Å². The summed E-state index contributed by atoms with van der Waals surface area (Å²) in [5.41, 5.74) is 8.04. The lowest BCUT2D eigenvalue weighted by Crippen LogP contribution is -2.30. The molecule has 0 bridgehead atoms. The summed E-state index contributed by atoms with van der Waals surface area (Å²) in [6.07, 6.45) is 1.47. The van der Waals surface area contributed by atoms with E-state index < -0.39 is 11.8 Å². The first-order valence-electron chi connectivity index (χ1n) is 10.8. The number of halogens is 2. The van der Waals surface area contributed by atoms with Crippen molar-refractivity contribution in [3.63, 3.8) is 0 Å². The van der Waals surface area contributed by atoms with Gasteiger partial charge >= 0.3 is 5.97 Å². The number of nitrogens with zero attached hydrogens (tertiary/aromatic N) is 2. The summed E-state index contributed by atoms with van der Waals surface area (Å²) in [5, 5.41) is 0.299. The molecule has 0 saturated carbocycles. The number of rotatable bonds is 9. The van der Waals surface area contributed by atoms with Crippen molar-refractivity contribution >= 4 is 32.8 Å². The molecule has 180 valence electrons. The number of ether oxygens (including phenoxy) is 3. The Kier molecular flexibility index (Phi) is 7.89. The Labute approximate surface area is 210 Å². The van der Waals surface area contributed by atoms with Crippen LogP contribution in [0.15, 0.2) is 71.5 Å². The van der Waals surface area contributed by atoms with Gasteiger partial charge in [0, 0.05) is 35.7 Å². The van der Waals surface area contributed by atoms with Gasteiger partial charge in [-0.05, 0) is 39.7 Å². The number of hydrogen-bond acceptors (Lipinski definition) is 7. The number of nitrogens with two attached hydrogens (primary N) is 1. The number of carbonyl (C=O) groups excluding carboxylic acids is 1. The van der Waals surface area contributed by atoms with Gasteiger partial charge in [0.15, 0.2) is 5.82 Å². The molecule has 2 aromatic heterocycles. The van der Waals surface area contributed by atoms with Gasteiger partial charge in [-0.15, -0.1) is 0 Å². The maximum atomic E-state index is 14.6. The average molecular weight is 540 g/mol. The topological polar surface area (TPSA) is 96.6 Å². The predicted molar refractivity (Wildman–Crippen MR) is 133 cm³/mol. The molecular formula is C26H23BrFN3O4. The first-order valence-corrected chi connectivity index (χ1v) is 11.6. The Hall–Kier alpha value is -3.56. The zero-order chi connectivity index (χ0) is 24.8. The Morgan fingerprint density at radius 2 is 1.91 bits per heavy atom. The van der Waals surface area contributed by atoms with Crippen LogP contribution >= 0.6 is 15.9 Å². The number of esters is 1. The van der Waals surface area contributed by atoms with Crippen LogP contribution in [0, 0.1) is 5.82 Å². The van der Waals surface area contributed by atoms with Crippen LogP contribution in [0.4, 0.5) is 4.39 Å².